The molecule has 0 unspecified atom stereocenters. The molecule has 1 N–H and O–H groups in total. The van der Waals surface area contributed by atoms with Gasteiger partial charge >= 0.3 is 0 Å². The van der Waals surface area contributed by atoms with Crippen molar-refractivity contribution in [1.29, 1.82) is 0 Å². The molecule has 0 aromatic carbocycles. The Morgan fingerprint density at radius 1 is 1.31 bits per heavy atom. The summed E-state index contributed by atoms with van der Waals surface area (Å²) in [6, 6.07) is 0. The second kappa shape index (κ2) is 7.49. The van der Waals surface area contributed by atoms with Gasteiger partial charge in [-0.05, 0) is 18.1 Å². The summed E-state index contributed by atoms with van der Waals surface area (Å²) in [6.07, 6.45) is 4.79. The Morgan fingerprint density at radius 3 is 2.69 bits per heavy atom. The number of rotatable bonds is 7. The fraction of sp³-hybridized carbons (Fsp3) is 0.667. The zero-order valence-electron chi connectivity index (χ0n) is 10.4. The second-order valence-electron chi connectivity index (χ2n) is 4.23. The van der Waals surface area contributed by atoms with E-state index in [4.69, 9.17) is 0 Å². The molecule has 0 spiro atoms. The van der Waals surface area contributed by atoms with Crippen molar-refractivity contribution in [3.05, 3.63) is 18.1 Å². The Morgan fingerprint density at radius 2 is 2.12 bits per heavy atom. The van der Waals surface area contributed by atoms with Crippen molar-refractivity contribution in [2.75, 3.05) is 17.6 Å². The SMILES string of the molecule is CCCNc1cnc(CSCC(C)C)cn1. The van der Waals surface area contributed by atoms with E-state index in [9.17, 15) is 0 Å². The van der Waals surface area contributed by atoms with E-state index in [0.717, 1.165) is 36.1 Å². The van der Waals surface area contributed by atoms with Gasteiger partial charge in [-0.1, -0.05) is 20.8 Å². The van der Waals surface area contributed by atoms with Gasteiger partial charge < -0.3 is 5.32 Å². The van der Waals surface area contributed by atoms with E-state index in [1.807, 2.05) is 24.2 Å². The Bertz CT molecular complexity index is 285. The molecule has 3 nitrogen and oxygen atoms in total. The van der Waals surface area contributed by atoms with Crippen LogP contribution in [0, 0.1) is 5.92 Å². The van der Waals surface area contributed by atoms with Crippen LogP contribution >= 0.6 is 11.8 Å². The number of anilines is 1. The lowest BCUT2D eigenvalue weighted by Crippen LogP contribution is -2.03. The van der Waals surface area contributed by atoms with E-state index in [2.05, 4.69) is 36.1 Å². The van der Waals surface area contributed by atoms with Gasteiger partial charge in [-0.15, -0.1) is 0 Å². The van der Waals surface area contributed by atoms with E-state index in [1.54, 1.807) is 0 Å². The highest BCUT2D eigenvalue weighted by atomic mass is 32.2. The Hall–Kier alpha value is -0.770. The van der Waals surface area contributed by atoms with Crippen LogP contribution in [0.15, 0.2) is 12.4 Å². The van der Waals surface area contributed by atoms with Crippen molar-refractivity contribution in [3.8, 4) is 0 Å². The zero-order chi connectivity index (χ0) is 11.8. The molecular weight excluding hydrogens is 218 g/mol. The molecule has 1 aromatic heterocycles. The van der Waals surface area contributed by atoms with Crippen molar-refractivity contribution in [3.63, 3.8) is 0 Å². The van der Waals surface area contributed by atoms with Crippen LogP contribution < -0.4 is 5.32 Å². The van der Waals surface area contributed by atoms with Crippen LogP contribution in [0.25, 0.3) is 0 Å². The lowest BCUT2D eigenvalue weighted by molar-refractivity contribution is 0.750. The van der Waals surface area contributed by atoms with Crippen LogP contribution in [0.1, 0.15) is 32.9 Å². The molecule has 0 amide bonds. The second-order valence-corrected chi connectivity index (χ2v) is 5.26. The number of thioether (sulfide) groups is 1. The Labute approximate surface area is 102 Å². The summed E-state index contributed by atoms with van der Waals surface area (Å²) in [6.45, 7) is 7.56. The summed E-state index contributed by atoms with van der Waals surface area (Å²) in [5.41, 5.74) is 1.06. The third kappa shape index (κ3) is 5.35. The highest BCUT2D eigenvalue weighted by Crippen LogP contribution is 2.13. The topological polar surface area (TPSA) is 37.8 Å². The lowest BCUT2D eigenvalue weighted by atomic mass is 10.3. The van der Waals surface area contributed by atoms with Gasteiger partial charge in [0.15, 0.2) is 0 Å². The molecule has 0 bridgehead atoms. The molecule has 0 atom stereocenters. The minimum Gasteiger partial charge on any atom is -0.369 e. The normalized spacial score (nSPS) is 10.8. The maximum absolute atomic E-state index is 4.38. The maximum Gasteiger partial charge on any atom is 0.144 e. The number of nitrogens with one attached hydrogen (secondary N) is 1. The van der Waals surface area contributed by atoms with E-state index >= 15 is 0 Å². The van der Waals surface area contributed by atoms with E-state index < -0.39 is 0 Å². The molecule has 16 heavy (non-hydrogen) atoms. The van der Waals surface area contributed by atoms with Gasteiger partial charge in [-0.2, -0.15) is 11.8 Å². The first kappa shape index (κ1) is 13.3. The molecule has 4 heteroatoms. The van der Waals surface area contributed by atoms with Crippen molar-refractivity contribution in [1.82, 2.24) is 9.97 Å². The maximum atomic E-state index is 4.38. The molecular formula is C12H21N3S. The van der Waals surface area contributed by atoms with Crippen LogP contribution in [0.4, 0.5) is 5.82 Å². The standard InChI is InChI=1S/C12H21N3S/c1-4-5-13-12-7-14-11(6-15-12)9-16-8-10(2)3/h6-7,10H,4-5,8-9H2,1-3H3,(H,13,15). The largest absolute Gasteiger partial charge is 0.369 e. The minimum absolute atomic E-state index is 0.739. The fourth-order valence-corrected chi connectivity index (χ4v) is 2.12. The van der Waals surface area contributed by atoms with Crippen LogP contribution in [0.5, 0.6) is 0 Å². The van der Waals surface area contributed by atoms with E-state index in [-0.39, 0.29) is 0 Å². The third-order valence-electron chi connectivity index (χ3n) is 1.96. The monoisotopic (exact) mass is 239 g/mol. The fourth-order valence-electron chi connectivity index (χ4n) is 1.17. The molecule has 0 aliphatic rings. The van der Waals surface area contributed by atoms with Crippen LogP contribution in [0.2, 0.25) is 0 Å². The Kier molecular flexibility index (Phi) is 6.23. The zero-order valence-corrected chi connectivity index (χ0v) is 11.2. The van der Waals surface area contributed by atoms with E-state index in [0.29, 0.717) is 0 Å². The predicted octanol–water partition coefficient (Wildman–Crippen LogP) is 3.19. The number of hydrogen-bond acceptors (Lipinski definition) is 4. The van der Waals surface area contributed by atoms with Crippen LogP contribution in [0.3, 0.4) is 0 Å². The molecule has 0 fully saturated rings. The molecule has 0 radical (unpaired) electrons. The number of aromatic nitrogens is 2. The van der Waals surface area contributed by atoms with Crippen molar-refractivity contribution in [2.45, 2.75) is 32.9 Å². The summed E-state index contributed by atoms with van der Waals surface area (Å²) >= 11 is 1.92. The highest BCUT2D eigenvalue weighted by Gasteiger charge is 1.99. The van der Waals surface area contributed by atoms with Crippen molar-refractivity contribution < 1.29 is 0 Å². The third-order valence-corrected chi connectivity index (χ3v) is 3.36. The van der Waals surface area contributed by atoms with E-state index in [1.165, 1.54) is 5.75 Å². The molecule has 1 aromatic rings. The number of nitrogens with zero attached hydrogens (tertiary/aromatic N) is 2. The minimum atomic E-state index is 0.739. The summed E-state index contributed by atoms with van der Waals surface area (Å²) in [7, 11) is 0. The predicted molar refractivity (Wildman–Crippen MR) is 71.8 cm³/mol. The highest BCUT2D eigenvalue weighted by molar-refractivity contribution is 7.98. The number of hydrogen-bond donors (Lipinski definition) is 1. The average Bonchev–Trinajstić information content (AvgIpc) is 2.27. The van der Waals surface area contributed by atoms with Crippen LogP contribution in [-0.2, 0) is 5.75 Å². The van der Waals surface area contributed by atoms with Gasteiger partial charge in [0, 0.05) is 12.3 Å². The summed E-state index contributed by atoms with van der Waals surface area (Å²) in [5, 5.41) is 3.22. The van der Waals surface area contributed by atoms with Crippen LogP contribution in [-0.4, -0.2) is 22.3 Å². The molecule has 90 valence electrons. The molecule has 0 aliphatic heterocycles. The summed E-state index contributed by atoms with van der Waals surface area (Å²) in [4.78, 5) is 8.71. The van der Waals surface area contributed by atoms with Gasteiger partial charge in [-0.25, -0.2) is 4.98 Å². The van der Waals surface area contributed by atoms with Gasteiger partial charge in [0.25, 0.3) is 0 Å². The van der Waals surface area contributed by atoms with Gasteiger partial charge in [0.2, 0.25) is 0 Å². The smallest absolute Gasteiger partial charge is 0.144 e. The summed E-state index contributed by atoms with van der Waals surface area (Å²) < 4.78 is 0. The molecule has 0 saturated heterocycles. The molecule has 1 heterocycles. The first-order chi connectivity index (χ1) is 7.72. The lowest BCUT2D eigenvalue weighted by Gasteiger charge is -2.05. The van der Waals surface area contributed by atoms with Crippen molar-refractivity contribution >= 4 is 17.6 Å². The average molecular weight is 239 g/mol. The van der Waals surface area contributed by atoms with Crippen molar-refractivity contribution in [2.24, 2.45) is 5.92 Å². The Balaban J connectivity index is 2.33. The molecule has 0 aliphatic carbocycles. The first-order valence-electron chi connectivity index (χ1n) is 5.85. The molecule has 0 saturated carbocycles. The van der Waals surface area contributed by atoms with Gasteiger partial charge in [0.05, 0.1) is 18.1 Å². The van der Waals surface area contributed by atoms with Gasteiger partial charge in [-0.3, -0.25) is 4.98 Å². The molecule has 1 rings (SSSR count). The van der Waals surface area contributed by atoms with Gasteiger partial charge in [0.1, 0.15) is 5.82 Å². The first-order valence-corrected chi connectivity index (χ1v) is 7.00. The quantitative estimate of drug-likeness (QED) is 0.793. The summed E-state index contributed by atoms with van der Waals surface area (Å²) in [5.74, 6) is 3.75.